The van der Waals surface area contributed by atoms with Gasteiger partial charge in [0, 0.05) is 17.0 Å². The Bertz CT molecular complexity index is 802. The number of anilines is 1. The van der Waals surface area contributed by atoms with Crippen LogP contribution in [-0.2, 0) is 4.79 Å². The summed E-state index contributed by atoms with van der Waals surface area (Å²) in [6, 6.07) is 4.81. The Balaban J connectivity index is 2.34. The monoisotopic (exact) mass is 344 g/mol. The Morgan fingerprint density at radius 2 is 1.96 bits per heavy atom. The van der Waals surface area contributed by atoms with Crippen LogP contribution in [0.5, 0.6) is 11.6 Å². The molecule has 134 valence electrons. The maximum absolute atomic E-state index is 12.4. The SMILES string of the molecule is CCCCC(CC)C(=O)Nc1ccc2nc(O)c(C(C)=O)c(O)c2c1. The third kappa shape index (κ3) is 4.07. The average molecular weight is 344 g/mol. The molecule has 1 heterocycles. The molecule has 1 atom stereocenters. The minimum absolute atomic E-state index is 0.0602. The lowest BCUT2D eigenvalue weighted by atomic mass is 9.98. The van der Waals surface area contributed by atoms with Gasteiger partial charge < -0.3 is 15.5 Å². The predicted octanol–water partition coefficient (Wildman–Crippen LogP) is 4.00. The van der Waals surface area contributed by atoms with Gasteiger partial charge in [0.2, 0.25) is 11.8 Å². The number of Topliss-reactive ketones (excluding diaryl/α,β-unsaturated/α-hetero) is 1. The molecule has 1 aromatic carbocycles. The molecule has 0 aliphatic carbocycles. The van der Waals surface area contributed by atoms with Gasteiger partial charge in [-0.2, -0.15) is 0 Å². The van der Waals surface area contributed by atoms with Crippen LogP contribution in [0.15, 0.2) is 18.2 Å². The van der Waals surface area contributed by atoms with Gasteiger partial charge in [-0.3, -0.25) is 9.59 Å². The van der Waals surface area contributed by atoms with Crippen molar-refractivity contribution < 1.29 is 19.8 Å². The summed E-state index contributed by atoms with van der Waals surface area (Å²) in [6.07, 6.45) is 3.63. The topological polar surface area (TPSA) is 99.5 Å². The Morgan fingerprint density at radius 1 is 1.24 bits per heavy atom. The lowest BCUT2D eigenvalue weighted by Crippen LogP contribution is -2.22. The highest BCUT2D eigenvalue weighted by molar-refractivity contribution is 6.05. The number of aromatic nitrogens is 1. The van der Waals surface area contributed by atoms with Crippen LogP contribution in [0, 0.1) is 5.92 Å². The highest BCUT2D eigenvalue weighted by Gasteiger charge is 2.19. The number of nitrogens with one attached hydrogen (secondary N) is 1. The van der Waals surface area contributed by atoms with E-state index in [1.165, 1.54) is 6.92 Å². The fraction of sp³-hybridized carbons (Fsp3) is 0.421. The van der Waals surface area contributed by atoms with Gasteiger partial charge in [-0.1, -0.05) is 26.7 Å². The van der Waals surface area contributed by atoms with Crippen LogP contribution < -0.4 is 5.32 Å². The zero-order valence-electron chi connectivity index (χ0n) is 14.8. The molecule has 1 unspecified atom stereocenters. The summed E-state index contributed by atoms with van der Waals surface area (Å²) < 4.78 is 0. The highest BCUT2D eigenvalue weighted by Crippen LogP contribution is 2.34. The van der Waals surface area contributed by atoms with Gasteiger partial charge in [0.1, 0.15) is 11.3 Å². The van der Waals surface area contributed by atoms with Gasteiger partial charge in [0.05, 0.1) is 5.52 Å². The summed E-state index contributed by atoms with van der Waals surface area (Å²) in [4.78, 5) is 27.9. The molecule has 0 spiro atoms. The van der Waals surface area contributed by atoms with Crippen molar-refractivity contribution in [2.75, 3.05) is 5.32 Å². The summed E-state index contributed by atoms with van der Waals surface area (Å²) in [7, 11) is 0. The number of hydrogen-bond donors (Lipinski definition) is 3. The standard InChI is InChI=1S/C19H24N2O4/c1-4-6-7-12(5-2)18(24)20-13-8-9-15-14(10-13)17(23)16(11(3)22)19(25)21-15/h8-10,12H,4-7H2,1-3H3,(H,20,24)(H2,21,23,25). The van der Waals surface area contributed by atoms with Crippen LogP contribution in [0.4, 0.5) is 5.69 Å². The summed E-state index contributed by atoms with van der Waals surface area (Å²) in [6.45, 7) is 5.32. The molecule has 1 amide bonds. The fourth-order valence-corrected chi connectivity index (χ4v) is 2.85. The highest BCUT2D eigenvalue weighted by atomic mass is 16.3. The van der Waals surface area contributed by atoms with E-state index in [0.29, 0.717) is 16.6 Å². The second-order valence-electron chi connectivity index (χ2n) is 6.18. The number of nitrogens with zero attached hydrogens (tertiary/aromatic N) is 1. The maximum atomic E-state index is 12.4. The molecule has 6 nitrogen and oxygen atoms in total. The molecule has 2 rings (SSSR count). The number of unbranched alkanes of at least 4 members (excludes halogenated alkanes) is 1. The van der Waals surface area contributed by atoms with E-state index in [9.17, 15) is 19.8 Å². The number of carbonyl (C=O) groups is 2. The van der Waals surface area contributed by atoms with Gasteiger partial charge in [-0.15, -0.1) is 0 Å². The van der Waals surface area contributed by atoms with Crippen LogP contribution in [-0.4, -0.2) is 26.9 Å². The van der Waals surface area contributed by atoms with Crippen LogP contribution in [0.25, 0.3) is 10.9 Å². The van der Waals surface area contributed by atoms with E-state index in [-0.39, 0.29) is 23.1 Å². The molecule has 0 aliphatic rings. The number of amides is 1. The average Bonchev–Trinajstić information content (AvgIpc) is 2.56. The molecule has 0 saturated heterocycles. The summed E-state index contributed by atoms with van der Waals surface area (Å²) in [5, 5.41) is 23.3. The second-order valence-corrected chi connectivity index (χ2v) is 6.18. The Morgan fingerprint density at radius 3 is 2.56 bits per heavy atom. The van der Waals surface area contributed by atoms with E-state index in [1.807, 2.05) is 6.92 Å². The molecule has 0 aliphatic heterocycles. The van der Waals surface area contributed by atoms with Crippen molar-refractivity contribution in [3.63, 3.8) is 0 Å². The molecular formula is C19H24N2O4. The van der Waals surface area contributed by atoms with Gasteiger partial charge in [0.25, 0.3) is 0 Å². The molecule has 0 fully saturated rings. The van der Waals surface area contributed by atoms with E-state index < -0.39 is 11.7 Å². The second kappa shape index (κ2) is 7.96. The first-order valence-electron chi connectivity index (χ1n) is 8.56. The molecule has 0 saturated carbocycles. The number of hydrogen-bond acceptors (Lipinski definition) is 5. The smallest absolute Gasteiger partial charge is 0.227 e. The first-order chi connectivity index (χ1) is 11.9. The van der Waals surface area contributed by atoms with Crippen LogP contribution in [0.1, 0.15) is 56.8 Å². The number of carbonyl (C=O) groups excluding carboxylic acids is 2. The molecule has 25 heavy (non-hydrogen) atoms. The molecule has 6 heteroatoms. The molecule has 1 aromatic heterocycles. The number of aromatic hydroxyl groups is 2. The van der Waals surface area contributed by atoms with Crippen molar-refractivity contribution in [1.82, 2.24) is 4.98 Å². The van der Waals surface area contributed by atoms with Crippen LogP contribution in [0.2, 0.25) is 0 Å². The lowest BCUT2D eigenvalue weighted by molar-refractivity contribution is -0.120. The molecule has 0 radical (unpaired) electrons. The number of benzene rings is 1. The normalized spacial score (nSPS) is 12.1. The van der Waals surface area contributed by atoms with Gasteiger partial charge in [-0.05, 0) is 38.0 Å². The fourth-order valence-electron chi connectivity index (χ4n) is 2.85. The number of fused-ring (bicyclic) bond motifs is 1. The quantitative estimate of drug-likeness (QED) is 0.659. The summed E-state index contributed by atoms with van der Waals surface area (Å²) in [5.74, 6) is -1.43. The largest absolute Gasteiger partial charge is 0.506 e. The third-order valence-electron chi connectivity index (χ3n) is 4.33. The molecule has 3 N–H and O–H groups in total. The van der Waals surface area contributed by atoms with Crippen LogP contribution >= 0.6 is 0 Å². The minimum Gasteiger partial charge on any atom is -0.506 e. The Hall–Kier alpha value is -2.63. The van der Waals surface area contributed by atoms with Crippen molar-refractivity contribution in [3.05, 3.63) is 23.8 Å². The van der Waals surface area contributed by atoms with Crippen molar-refractivity contribution >= 4 is 28.3 Å². The zero-order chi connectivity index (χ0) is 18.6. The van der Waals surface area contributed by atoms with Crippen molar-refractivity contribution in [1.29, 1.82) is 0 Å². The molecule has 0 bridgehead atoms. The Kier molecular flexibility index (Phi) is 5.96. The first-order valence-corrected chi connectivity index (χ1v) is 8.56. The third-order valence-corrected chi connectivity index (χ3v) is 4.33. The van der Waals surface area contributed by atoms with E-state index in [0.717, 1.165) is 25.7 Å². The van der Waals surface area contributed by atoms with E-state index in [4.69, 9.17) is 0 Å². The minimum atomic E-state index is -0.500. The lowest BCUT2D eigenvalue weighted by Gasteiger charge is -2.15. The molecule has 2 aromatic rings. The van der Waals surface area contributed by atoms with Gasteiger partial charge in [0.15, 0.2) is 5.78 Å². The van der Waals surface area contributed by atoms with Crippen LogP contribution in [0.3, 0.4) is 0 Å². The summed E-state index contributed by atoms with van der Waals surface area (Å²) >= 11 is 0. The number of ketones is 1. The number of rotatable bonds is 7. The van der Waals surface area contributed by atoms with Crippen molar-refractivity contribution in [3.8, 4) is 11.6 Å². The summed E-state index contributed by atoms with van der Waals surface area (Å²) in [5.41, 5.74) is 0.645. The Labute approximate surface area is 146 Å². The number of pyridine rings is 1. The van der Waals surface area contributed by atoms with E-state index in [2.05, 4.69) is 17.2 Å². The van der Waals surface area contributed by atoms with Crippen molar-refractivity contribution in [2.24, 2.45) is 5.92 Å². The van der Waals surface area contributed by atoms with E-state index in [1.54, 1.807) is 18.2 Å². The van der Waals surface area contributed by atoms with Crippen molar-refractivity contribution in [2.45, 2.75) is 46.5 Å². The predicted molar refractivity (Wildman–Crippen MR) is 97.0 cm³/mol. The zero-order valence-corrected chi connectivity index (χ0v) is 14.8. The maximum Gasteiger partial charge on any atom is 0.227 e. The van der Waals surface area contributed by atoms with Gasteiger partial charge >= 0.3 is 0 Å². The van der Waals surface area contributed by atoms with Gasteiger partial charge in [-0.25, -0.2) is 4.98 Å². The molecular weight excluding hydrogens is 320 g/mol. The van der Waals surface area contributed by atoms with E-state index >= 15 is 0 Å². The first kappa shape index (κ1) is 18.7.